The third kappa shape index (κ3) is 3.54. The van der Waals surface area contributed by atoms with Crippen LogP contribution in [-0.4, -0.2) is 38.0 Å². The summed E-state index contributed by atoms with van der Waals surface area (Å²) in [6.07, 6.45) is -1.39. The molecule has 7 heteroatoms. The molecule has 1 fully saturated rings. The van der Waals surface area contributed by atoms with Crippen LogP contribution < -0.4 is 10.2 Å². The van der Waals surface area contributed by atoms with Crippen LogP contribution in [0.25, 0.3) is 0 Å². The number of benzene rings is 1. The summed E-state index contributed by atoms with van der Waals surface area (Å²) in [6.45, 7) is 2.58. The van der Waals surface area contributed by atoms with Gasteiger partial charge in [-0.2, -0.15) is 0 Å². The van der Waals surface area contributed by atoms with Crippen LogP contribution in [0.4, 0.5) is 15.3 Å². The Kier molecular flexibility index (Phi) is 4.68. The lowest BCUT2D eigenvalue weighted by Gasteiger charge is -2.13. The molecule has 1 saturated heterocycles. The number of alkyl carbamates (subject to hydrolysis) is 1. The van der Waals surface area contributed by atoms with E-state index in [4.69, 9.17) is 21.1 Å². The Balaban J connectivity index is 1.92. The number of ether oxygens (including phenoxy) is 2. The highest BCUT2D eigenvalue weighted by Gasteiger charge is 2.32. The van der Waals surface area contributed by atoms with Gasteiger partial charge < -0.3 is 14.8 Å². The van der Waals surface area contributed by atoms with Gasteiger partial charge in [-0.05, 0) is 25.1 Å². The Hall–Kier alpha value is -1.95. The van der Waals surface area contributed by atoms with Gasteiger partial charge in [-0.25, -0.2) is 9.59 Å². The van der Waals surface area contributed by atoms with Gasteiger partial charge in [0.15, 0.2) is 0 Å². The molecule has 0 aromatic heterocycles. The number of nitrogens with zero attached hydrogens (tertiary/aromatic N) is 1. The molecule has 1 aromatic rings. The average Bonchev–Trinajstić information content (AvgIpc) is 2.78. The van der Waals surface area contributed by atoms with E-state index in [9.17, 15) is 9.59 Å². The minimum absolute atomic E-state index is 0.210. The molecule has 0 saturated carbocycles. The maximum Gasteiger partial charge on any atom is 0.414 e. The fourth-order valence-electron chi connectivity index (χ4n) is 1.86. The second-order valence-corrected chi connectivity index (χ2v) is 4.63. The predicted molar refractivity (Wildman–Crippen MR) is 74.1 cm³/mol. The molecule has 1 heterocycles. The zero-order chi connectivity index (χ0) is 14.5. The van der Waals surface area contributed by atoms with Crippen molar-refractivity contribution in [2.24, 2.45) is 0 Å². The van der Waals surface area contributed by atoms with Crippen LogP contribution in [0.2, 0.25) is 5.02 Å². The summed E-state index contributed by atoms with van der Waals surface area (Å²) in [6, 6.07) is 6.94. The van der Waals surface area contributed by atoms with E-state index in [0.717, 1.165) is 0 Å². The van der Waals surface area contributed by atoms with Crippen molar-refractivity contribution in [3.63, 3.8) is 0 Å². The van der Waals surface area contributed by atoms with Crippen molar-refractivity contribution in [2.45, 2.75) is 13.0 Å². The fourth-order valence-corrected chi connectivity index (χ4v) is 2.05. The highest BCUT2D eigenvalue weighted by Crippen LogP contribution is 2.24. The summed E-state index contributed by atoms with van der Waals surface area (Å²) >= 11 is 5.89. The number of cyclic esters (lactones) is 1. The standard InChI is InChI=1S/C13H15ClN2O4/c1-2-19-12(17)15-7-11-8-16(13(18)20-11)10-5-3-4-9(14)6-10/h3-6,11H,2,7-8H2,1H3,(H,15,17). The lowest BCUT2D eigenvalue weighted by atomic mass is 10.2. The molecule has 1 aliphatic rings. The molecule has 20 heavy (non-hydrogen) atoms. The van der Waals surface area contributed by atoms with Gasteiger partial charge in [0.25, 0.3) is 0 Å². The topological polar surface area (TPSA) is 67.9 Å². The maximum atomic E-state index is 11.8. The summed E-state index contributed by atoms with van der Waals surface area (Å²) < 4.78 is 9.90. The van der Waals surface area contributed by atoms with Crippen LogP contribution >= 0.6 is 11.6 Å². The molecule has 108 valence electrons. The molecule has 1 aliphatic heterocycles. The Morgan fingerprint density at radius 1 is 1.60 bits per heavy atom. The number of rotatable bonds is 4. The molecule has 2 amide bonds. The molecular formula is C13H15ClN2O4. The monoisotopic (exact) mass is 298 g/mol. The van der Waals surface area contributed by atoms with Gasteiger partial charge in [-0.1, -0.05) is 17.7 Å². The maximum absolute atomic E-state index is 11.8. The SMILES string of the molecule is CCOC(=O)NCC1CN(c2cccc(Cl)c2)C(=O)O1. The number of nitrogens with one attached hydrogen (secondary N) is 1. The van der Waals surface area contributed by atoms with E-state index in [1.807, 2.05) is 0 Å². The van der Waals surface area contributed by atoms with Crippen LogP contribution in [0.1, 0.15) is 6.92 Å². The predicted octanol–water partition coefficient (Wildman–Crippen LogP) is 2.41. The lowest BCUT2D eigenvalue weighted by Crippen LogP contribution is -2.34. The van der Waals surface area contributed by atoms with Crippen molar-refractivity contribution in [2.75, 3.05) is 24.6 Å². The average molecular weight is 299 g/mol. The first-order valence-electron chi connectivity index (χ1n) is 6.24. The zero-order valence-electron chi connectivity index (χ0n) is 11.0. The molecule has 2 rings (SSSR count). The Morgan fingerprint density at radius 3 is 3.10 bits per heavy atom. The van der Waals surface area contributed by atoms with Crippen molar-refractivity contribution in [3.05, 3.63) is 29.3 Å². The summed E-state index contributed by atoms with van der Waals surface area (Å²) in [5.41, 5.74) is 0.668. The Morgan fingerprint density at radius 2 is 2.40 bits per heavy atom. The zero-order valence-corrected chi connectivity index (χ0v) is 11.7. The smallest absolute Gasteiger partial charge is 0.414 e. The lowest BCUT2D eigenvalue weighted by molar-refractivity contribution is 0.127. The largest absolute Gasteiger partial charge is 0.450 e. The quantitative estimate of drug-likeness (QED) is 0.927. The molecular weight excluding hydrogens is 284 g/mol. The van der Waals surface area contributed by atoms with Gasteiger partial charge >= 0.3 is 12.2 Å². The van der Waals surface area contributed by atoms with Gasteiger partial charge in [0.05, 0.1) is 19.7 Å². The van der Waals surface area contributed by atoms with Crippen LogP contribution in [0.15, 0.2) is 24.3 Å². The molecule has 1 atom stereocenters. The number of halogens is 1. The normalized spacial score (nSPS) is 17.8. The minimum atomic E-state index is -0.523. The van der Waals surface area contributed by atoms with Crippen LogP contribution in [0, 0.1) is 0 Å². The van der Waals surface area contributed by atoms with Crippen LogP contribution in [-0.2, 0) is 9.47 Å². The Labute approximate surface area is 121 Å². The molecule has 1 N–H and O–H groups in total. The van der Waals surface area contributed by atoms with E-state index in [1.165, 1.54) is 4.90 Å². The molecule has 1 aromatic carbocycles. The van der Waals surface area contributed by atoms with E-state index in [-0.39, 0.29) is 6.54 Å². The number of hydrogen-bond donors (Lipinski definition) is 1. The van der Waals surface area contributed by atoms with Gasteiger partial charge in [0.1, 0.15) is 6.10 Å². The van der Waals surface area contributed by atoms with Crippen molar-refractivity contribution >= 4 is 29.5 Å². The molecule has 0 radical (unpaired) electrons. The fraction of sp³-hybridized carbons (Fsp3) is 0.385. The molecule has 0 bridgehead atoms. The van der Waals surface area contributed by atoms with Crippen LogP contribution in [0.5, 0.6) is 0 Å². The number of anilines is 1. The molecule has 1 unspecified atom stereocenters. The van der Waals surface area contributed by atoms with E-state index >= 15 is 0 Å². The van der Waals surface area contributed by atoms with Crippen LogP contribution in [0.3, 0.4) is 0 Å². The number of carbonyl (C=O) groups is 2. The summed E-state index contributed by atoms with van der Waals surface area (Å²) in [5, 5.41) is 3.08. The molecule has 6 nitrogen and oxygen atoms in total. The van der Waals surface area contributed by atoms with Gasteiger partial charge in [-0.15, -0.1) is 0 Å². The van der Waals surface area contributed by atoms with E-state index in [0.29, 0.717) is 23.9 Å². The van der Waals surface area contributed by atoms with Crippen molar-refractivity contribution < 1.29 is 19.1 Å². The molecule has 0 spiro atoms. The summed E-state index contributed by atoms with van der Waals surface area (Å²) in [7, 11) is 0. The minimum Gasteiger partial charge on any atom is -0.450 e. The second-order valence-electron chi connectivity index (χ2n) is 4.20. The highest BCUT2D eigenvalue weighted by atomic mass is 35.5. The first-order valence-corrected chi connectivity index (χ1v) is 6.62. The van der Waals surface area contributed by atoms with E-state index in [1.54, 1.807) is 31.2 Å². The van der Waals surface area contributed by atoms with Crippen molar-refractivity contribution in [1.29, 1.82) is 0 Å². The first-order chi connectivity index (χ1) is 9.60. The third-order valence-electron chi connectivity index (χ3n) is 2.74. The van der Waals surface area contributed by atoms with Gasteiger partial charge in [0.2, 0.25) is 0 Å². The number of carbonyl (C=O) groups excluding carboxylic acids is 2. The van der Waals surface area contributed by atoms with Crippen molar-refractivity contribution in [3.8, 4) is 0 Å². The number of hydrogen-bond acceptors (Lipinski definition) is 4. The van der Waals surface area contributed by atoms with Gasteiger partial charge in [-0.3, -0.25) is 4.90 Å². The number of amides is 2. The molecule has 0 aliphatic carbocycles. The van der Waals surface area contributed by atoms with Gasteiger partial charge in [0, 0.05) is 10.7 Å². The summed E-state index contributed by atoms with van der Waals surface area (Å²) in [4.78, 5) is 24.4. The van der Waals surface area contributed by atoms with E-state index < -0.39 is 18.3 Å². The highest BCUT2D eigenvalue weighted by molar-refractivity contribution is 6.30. The Bertz CT molecular complexity index is 509. The first kappa shape index (κ1) is 14.5. The second kappa shape index (κ2) is 6.47. The summed E-state index contributed by atoms with van der Waals surface area (Å²) in [5.74, 6) is 0. The van der Waals surface area contributed by atoms with Crippen molar-refractivity contribution in [1.82, 2.24) is 5.32 Å². The third-order valence-corrected chi connectivity index (χ3v) is 2.98. The van der Waals surface area contributed by atoms with E-state index in [2.05, 4.69) is 5.32 Å².